The second-order valence-corrected chi connectivity index (χ2v) is 5.29. The fraction of sp³-hybridized carbons (Fsp3) is 0.111. The van der Waals surface area contributed by atoms with Gasteiger partial charge in [0.05, 0.1) is 4.21 Å². The van der Waals surface area contributed by atoms with Crippen molar-refractivity contribution < 1.29 is 5.11 Å². The number of phenolic OH excluding ortho intramolecular Hbond substituents is 1. The summed E-state index contributed by atoms with van der Waals surface area (Å²) in [6.45, 7) is 0. The van der Waals surface area contributed by atoms with E-state index in [0.29, 0.717) is 0 Å². The zero-order valence-corrected chi connectivity index (χ0v) is 9.47. The maximum absolute atomic E-state index is 9.34. The first kappa shape index (κ1) is 9.24. The van der Waals surface area contributed by atoms with Gasteiger partial charge >= 0.3 is 0 Å². The van der Waals surface area contributed by atoms with Crippen LogP contribution in [0.3, 0.4) is 0 Å². The van der Waals surface area contributed by atoms with Crippen molar-refractivity contribution >= 4 is 45.8 Å². The fourth-order valence-electron chi connectivity index (χ4n) is 1.20. The number of benzene rings is 1. The minimum absolute atomic E-state index is 0.281. The van der Waals surface area contributed by atoms with Gasteiger partial charge in [-0.3, -0.25) is 0 Å². The second-order valence-electron chi connectivity index (χ2n) is 2.65. The molecular weight excluding hydrogens is 220 g/mol. The summed E-state index contributed by atoms with van der Waals surface area (Å²) in [7, 11) is 0. The van der Waals surface area contributed by atoms with E-state index in [1.807, 2.05) is 6.26 Å². The van der Waals surface area contributed by atoms with E-state index >= 15 is 0 Å². The molecule has 1 aromatic heterocycles. The van der Waals surface area contributed by atoms with Crippen molar-refractivity contribution in [2.75, 3.05) is 6.26 Å². The number of rotatable bonds is 1. The Morgan fingerprint density at radius 1 is 1.38 bits per heavy atom. The van der Waals surface area contributed by atoms with Crippen LogP contribution in [0.15, 0.2) is 27.3 Å². The van der Waals surface area contributed by atoms with E-state index in [-0.39, 0.29) is 5.75 Å². The normalized spacial score (nSPS) is 10.9. The lowest BCUT2D eigenvalue weighted by Gasteiger charge is -1.95. The number of aromatic hydroxyl groups is 1. The van der Waals surface area contributed by atoms with Crippen LogP contribution >= 0.6 is 35.7 Å². The first-order valence-corrected chi connectivity index (χ1v) is 6.19. The van der Waals surface area contributed by atoms with Crippen molar-refractivity contribution in [3.63, 3.8) is 0 Å². The van der Waals surface area contributed by atoms with Gasteiger partial charge in [0.1, 0.15) is 5.75 Å². The summed E-state index contributed by atoms with van der Waals surface area (Å²) in [5, 5.41) is 10.4. The highest BCUT2D eigenvalue weighted by atomic mass is 32.2. The van der Waals surface area contributed by atoms with E-state index in [1.54, 1.807) is 35.2 Å². The zero-order valence-electron chi connectivity index (χ0n) is 6.94. The average Bonchev–Trinajstić information content (AvgIpc) is 2.47. The Bertz CT molecular complexity index is 447. The van der Waals surface area contributed by atoms with Gasteiger partial charge in [0.2, 0.25) is 0 Å². The Hall–Kier alpha value is -0.320. The SMILES string of the molecule is CSc1cc2cc(O)cc(S)c2s1. The molecule has 68 valence electrons. The van der Waals surface area contributed by atoms with Gasteiger partial charge in [-0.25, -0.2) is 0 Å². The van der Waals surface area contributed by atoms with E-state index in [9.17, 15) is 5.11 Å². The van der Waals surface area contributed by atoms with Crippen molar-refractivity contribution in [2.45, 2.75) is 9.10 Å². The average molecular weight is 228 g/mol. The van der Waals surface area contributed by atoms with Crippen molar-refractivity contribution in [2.24, 2.45) is 0 Å². The maximum Gasteiger partial charge on any atom is 0.117 e. The van der Waals surface area contributed by atoms with Crippen LogP contribution in [0.1, 0.15) is 0 Å². The molecule has 0 aliphatic heterocycles. The van der Waals surface area contributed by atoms with Crippen LogP contribution < -0.4 is 0 Å². The first-order chi connectivity index (χ1) is 6.20. The van der Waals surface area contributed by atoms with Crippen LogP contribution in [-0.2, 0) is 0 Å². The molecule has 1 nitrogen and oxygen atoms in total. The van der Waals surface area contributed by atoms with Crippen molar-refractivity contribution in [1.82, 2.24) is 0 Å². The summed E-state index contributed by atoms with van der Waals surface area (Å²) in [5.74, 6) is 0.281. The quantitative estimate of drug-likeness (QED) is 0.574. The second kappa shape index (κ2) is 3.44. The molecule has 0 amide bonds. The van der Waals surface area contributed by atoms with Gasteiger partial charge < -0.3 is 5.11 Å². The molecule has 0 fully saturated rings. The largest absolute Gasteiger partial charge is 0.508 e. The minimum atomic E-state index is 0.281. The smallest absolute Gasteiger partial charge is 0.117 e. The molecular formula is C9H8OS3. The lowest BCUT2D eigenvalue weighted by Crippen LogP contribution is -1.67. The Labute approximate surface area is 90.2 Å². The van der Waals surface area contributed by atoms with Crippen molar-refractivity contribution in [3.05, 3.63) is 18.2 Å². The van der Waals surface area contributed by atoms with Crippen LogP contribution in [0.4, 0.5) is 0 Å². The zero-order chi connectivity index (χ0) is 9.42. The van der Waals surface area contributed by atoms with Gasteiger partial charge in [-0.05, 0) is 29.8 Å². The van der Waals surface area contributed by atoms with E-state index in [4.69, 9.17) is 0 Å². The molecule has 0 bridgehead atoms. The molecule has 2 aromatic rings. The molecule has 0 radical (unpaired) electrons. The summed E-state index contributed by atoms with van der Waals surface area (Å²) < 4.78 is 2.39. The summed E-state index contributed by atoms with van der Waals surface area (Å²) >= 11 is 7.73. The third kappa shape index (κ3) is 1.66. The predicted molar refractivity (Wildman–Crippen MR) is 62.5 cm³/mol. The highest BCUT2D eigenvalue weighted by molar-refractivity contribution is 8.00. The number of phenols is 1. The lowest BCUT2D eigenvalue weighted by atomic mass is 10.2. The highest BCUT2D eigenvalue weighted by Gasteiger charge is 2.05. The third-order valence-corrected chi connectivity index (χ3v) is 4.51. The van der Waals surface area contributed by atoms with Crippen molar-refractivity contribution in [1.29, 1.82) is 0 Å². The van der Waals surface area contributed by atoms with Gasteiger partial charge in [-0.1, -0.05) is 0 Å². The Balaban J connectivity index is 2.75. The van der Waals surface area contributed by atoms with Gasteiger partial charge in [-0.15, -0.1) is 35.7 Å². The molecule has 0 saturated carbocycles. The van der Waals surface area contributed by atoms with Crippen LogP contribution in [0.5, 0.6) is 5.75 Å². The topological polar surface area (TPSA) is 20.2 Å². The standard InChI is InChI=1S/C9H8OS3/c1-12-8-3-5-2-6(10)4-7(11)9(5)13-8/h2-4,10-11H,1H3. The van der Waals surface area contributed by atoms with Gasteiger partial charge in [0, 0.05) is 9.60 Å². The Morgan fingerprint density at radius 2 is 2.15 bits per heavy atom. The molecule has 13 heavy (non-hydrogen) atoms. The lowest BCUT2D eigenvalue weighted by molar-refractivity contribution is 0.475. The predicted octanol–water partition coefficient (Wildman–Crippen LogP) is 3.62. The van der Waals surface area contributed by atoms with Crippen LogP contribution in [-0.4, -0.2) is 11.4 Å². The number of thiol groups is 1. The number of hydrogen-bond donors (Lipinski definition) is 2. The van der Waals surface area contributed by atoms with E-state index in [2.05, 4.69) is 18.7 Å². The molecule has 1 heterocycles. The monoisotopic (exact) mass is 228 g/mol. The number of fused-ring (bicyclic) bond motifs is 1. The van der Waals surface area contributed by atoms with Gasteiger partial charge in [-0.2, -0.15) is 0 Å². The fourth-order valence-corrected chi connectivity index (χ4v) is 3.21. The summed E-state index contributed by atoms with van der Waals surface area (Å²) in [6.07, 6.45) is 2.04. The summed E-state index contributed by atoms with van der Waals surface area (Å²) in [4.78, 5) is 0.848. The number of hydrogen-bond acceptors (Lipinski definition) is 4. The Kier molecular flexibility index (Phi) is 2.45. The minimum Gasteiger partial charge on any atom is -0.508 e. The van der Waals surface area contributed by atoms with E-state index in [1.165, 1.54) is 4.21 Å². The molecule has 0 aliphatic carbocycles. The van der Waals surface area contributed by atoms with E-state index in [0.717, 1.165) is 15.0 Å². The van der Waals surface area contributed by atoms with Crippen molar-refractivity contribution in [3.8, 4) is 5.75 Å². The molecule has 2 rings (SSSR count). The van der Waals surface area contributed by atoms with Gasteiger partial charge in [0.25, 0.3) is 0 Å². The molecule has 1 N–H and O–H groups in total. The van der Waals surface area contributed by atoms with Gasteiger partial charge in [0.15, 0.2) is 0 Å². The molecule has 4 heteroatoms. The molecule has 0 atom stereocenters. The molecule has 0 spiro atoms. The number of thiophene rings is 1. The third-order valence-electron chi connectivity index (χ3n) is 1.76. The molecule has 1 aromatic carbocycles. The Morgan fingerprint density at radius 3 is 2.85 bits per heavy atom. The molecule has 0 unspecified atom stereocenters. The summed E-state index contributed by atoms with van der Waals surface area (Å²) in [6, 6.07) is 5.52. The maximum atomic E-state index is 9.34. The first-order valence-electron chi connectivity index (χ1n) is 3.70. The number of thioether (sulfide) groups is 1. The van der Waals surface area contributed by atoms with Crippen LogP contribution in [0.2, 0.25) is 0 Å². The molecule has 0 saturated heterocycles. The molecule has 0 aliphatic rings. The highest BCUT2D eigenvalue weighted by Crippen LogP contribution is 2.37. The summed E-state index contributed by atoms with van der Waals surface area (Å²) in [5.41, 5.74) is 0. The van der Waals surface area contributed by atoms with Crippen LogP contribution in [0.25, 0.3) is 10.1 Å². The van der Waals surface area contributed by atoms with Crippen LogP contribution in [0, 0.1) is 0 Å². The van der Waals surface area contributed by atoms with E-state index < -0.39 is 0 Å².